The van der Waals surface area contributed by atoms with Crippen molar-refractivity contribution in [2.24, 2.45) is 0 Å². The summed E-state index contributed by atoms with van der Waals surface area (Å²) in [6, 6.07) is 3.02. The lowest BCUT2D eigenvalue weighted by molar-refractivity contribution is 0.187. The molecule has 82 valence electrons. The SMILES string of the molecule is CCc1c(C)cc(NC(=O)OC)cc1F. The van der Waals surface area contributed by atoms with Gasteiger partial charge >= 0.3 is 6.09 Å². The lowest BCUT2D eigenvalue weighted by atomic mass is 10.1. The van der Waals surface area contributed by atoms with E-state index >= 15 is 0 Å². The predicted molar refractivity (Wildman–Crippen MR) is 56.5 cm³/mol. The zero-order valence-corrected chi connectivity index (χ0v) is 9.06. The third-order valence-corrected chi connectivity index (χ3v) is 2.20. The van der Waals surface area contributed by atoms with Gasteiger partial charge < -0.3 is 4.74 Å². The number of anilines is 1. The lowest BCUT2D eigenvalue weighted by Gasteiger charge is -2.09. The third kappa shape index (κ3) is 2.68. The molecule has 4 heteroatoms. The minimum atomic E-state index is -0.599. The highest BCUT2D eigenvalue weighted by atomic mass is 19.1. The number of hydrogen-bond acceptors (Lipinski definition) is 2. The summed E-state index contributed by atoms with van der Waals surface area (Å²) in [5.74, 6) is -0.302. The van der Waals surface area contributed by atoms with Gasteiger partial charge in [0.25, 0.3) is 0 Å². The molecule has 0 radical (unpaired) electrons. The van der Waals surface area contributed by atoms with Crippen LogP contribution in [0.3, 0.4) is 0 Å². The van der Waals surface area contributed by atoms with Gasteiger partial charge in [0.15, 0.2) is 0 Å². The van der Waals surface area contributed by atoms with Crippen molar-refractivity contribution in [3.8, 4) is 0 Å². The van der Waals surface area contributed by atoms with Crippen molar-refractivity contribution in [2.75, 3.05) is 12.4 Å². The Morgan fingerprint density at radius 1 is 1.53 bits per heavy atom. The number of carbonyl (C=O) groups excluding carboxylic acids is 1. The minimum absolute atomic E-state index is 0.302. The Morgan fingerprint density at radius 2 is 2.20 bits per heavy atom. The zero-order chi connectivity index (χ0) is 11.4. The number of amides is 1. The molecule has 0 aliphatic heterocycles. The van der Waals surface area contributed by atoms with Crippen LogP contribution in [-0.4, -0.2) is 13.2 Å². The molecule has 1 amide bonds. The van der Waals surface area contributed by atoms with E-state index < -0.39 is 6.09 Å². The summed E-state index contributed by atoms with van der Waals surface area (Å²) in [7, 11) is 1.26. The van der Waals surface area contributed by atoms with Crippen LogP contribution in [0.5, 0.6) is 0 Å². The van der Waals surface area contributed by atoms with Crippen LogP contribution >= 0.6 is 0 Å². The zero-order valence-electron chi connectivity index (χ0n) is 9.06. The van der Waals surface area contributed by atoms with E-state index in [1.807, 2.05) is 13.8 Å². The van der Waals surface area contributed by atoms with Crippen LogP contribution in [-0.2, 0) is 11.2 Å². The Labute approximate surface area is 88.2 Å². The van der Waals surface area contributed by atoms with Crippen LogP contribution in [0.25, 0.3) is 0 Å². The molecule has 0 spiro atoms. The van der Waals surface area contributed by atoms with E-state index in [4.69, 9.17) is 0 Å². The first-order chi connectivity index (χ1) is 7.08. The van der Waals surface area contributed by atoms with Crippen molar-refractivity contribution < 1.29 is 13.9 Å². The second-order valence-corrected chi connectivity index (χ2v) is 3.22. The van der Waals surface area contributed by atoms with Gasteiger partial charge in [-0.05, 0) is 36.6 Å². The van der Waals surface area contributed by atoms with Gasteiger partial charge in [0.1, 0.15) is 5.82 Å². The molecule has 0 saturated heterocycles. The van der Waals surface area contributed by atoms with E-state index in [9.17, 15) is 9.18 Å². The van der Waals surface area contributed by atoms with Crippen molar-refractivity contribution in [2.45, 2.75) is 20.3 Å². The summed E-state index contributed by atoms with van der Waals surface area (Å²) in [5, 5.41) is 2.42. The van der Waals surface area contributed by atoms with E-state index in [2.05, 4.69) is 10.1 Å². The number of rotatable bonds is 2. The number of halogens is 1. The first kappa shape index (κ1) is 11.5. The van der Waals surface area contributed by atoms with Gasteiger partial charge in [0, 0.05) is 5.69 Å². The number of benzene rings is 1. The summed E-state index contributed by atoms with van der Waals surface area (Å²) in [6.45, 7) is 3.70. The maximum Gasteiger partial charge on any atom is 0.411 e. The molecule has 0 bridgehead atoms. The molecule has 3 nitrogen and oxygen atoms in total. The Balaban J connectivity index is 2.98. The minimum Gasteiger partial charge on any atom is -0.453 e. The molecule has 1 rings (SSSR count). The summed E-state index contributed by atoms with van der Waals surface area (Å²) in [6.07, 6.45) is 0.0361. The standard InChI is InChI=1S/C11H14FNO2/c1-4-9-7(2)5-8(6-10(9)12)13-11(14)15-3/h5-6H,4H2,1-3H3,(H,13,14). The van der Waals surface area contributed by atoms with Gasteiger partial charge in [0.05, 0.1) is 7.11 Å². The topological polar surface area (TPSA) is 38.3 Å². The van der Waals surface area contributed by atoms with Crippen molar-refractivity contribution in [3.63, 3.8) is 0 Å². The molecule has 1 aromatic rings. The average Bonchev–Trinajstić information content (AvgIpc) is 2.17. The smallest absolute Gasteiger partial charge is 0.411 e. The van der Waals surface area contributed by atoms with Gasteiger partial charge in [-0.25, -0.2) is 9.18 Å². The molecule has 15 heavy (non-hydrogen) atoms. The van der Waals surface area contributed by atoms with Gasteiger partial charge in [-0.1, -0.05) is 6.92 Å². The van der Waals surface area contributed by atoms with Crippen LogP contribution in [0.1, 0.15) is 18.1 Å². The first-order valence-corrected chi connectivity index (χ1v) is 4.72. The van der Waals surface area contributed by atoms with Crippen LogP contribution in [0, 0.1) is 12.7 Å². The number of aryl methyl sites for hydroxylation is 1. The molecule has 0 unspecified atom stereocenters. The van der Waals surface area contributed by atoms with E-state index in [0.717, 1.165) is 5.56 Å². The molecule has 0 atom stereocenters. The van der Waals surface area contributed by atoms with Crippen LogP contribution in [0.2, 0.25) is 0 Å². The maximum atomic E-state index is 13.5. The summed E-state index contributed by atoms with van der Waals surface area (Å²) in [4.78, 5) is 10.9. The Hall–Kier alpha value is -1.58. The Bertz CT molecular complexity index is 354. The van der Waals surface area contributed by atoms with Gasteiger partial charge in [0.2, 0.25) is 0 Å². The maximum absolute atomic E-state index is 13.5. The van der Waals surface area contributed by atoms with Crippen molar-refractivity contribution >= 4 is 11.8 Å². The average molecular weight is 211 g/mol. The highest BCUT2D eigenvalue weighted by Gasteiger charge is 2.08. The molecule has 0 saturated carbocycles. The fraction of sp³-hybridized carbons (Fsp3) is 0.364. The molecule has 0 fully saturated rings. The van der Waals surface area contributed by atoms with Gasteiger partial charge in [-0.3, -0.25) is 5.32 Å². The first-order valence-electron chi connectivity index (χ1n) is 4.72. The summed E-state index contributed by atoms with van der Waals surface area (Å²) in [5.41, 5.74) is 1.91. The van der Waals surface area contributed by atoms with Crippen molar-refractivity contribution in [1.82, 2.24) is 0 Å². The fourth-order valence-corrected chi connectivity index (χ4v) is 1.46. The summed E-state index contributed by atoms with van der Waals surface area (Å²) < 4.78 is 17.9. The highest BCUT2D eigenvalue weighted by Crippen LogP contribution is 2.19. The predicted octanol–water partition coefficient (Wildman–Crippen LogP) is 2.87. The molecule has 1 aromatic carbocycles. The largest absolute Gasteiger partial charge is 0.453 e. The number of ether oxygens (including phenoxy) is 1. The molecular formula is C11H14FNO2. The normalized spacial score (nSPS) is 9.87. The van der Waals surface area contributed by atoms with E-state index in [1.54, 1.807) is 6.07 Å². The number of nitrogens with one attached hydrogen (secondary N) is 1. The third-order valence-electron chi connectivity index (χ3n) is 2.20. The molecule has 0 heterocycles. The van der Waals surface area contributed by atoms with Crippen LogP contribution in [0.15, 0.2) is 12.1 Å². The molecule has 1 N–H and O–H groups in total. The number of methoxy groups -OCH3 is 1. The van der Waals surface area contributed by atoms with Gasteiger partial charge in [-0.15, -0.1) is 0 Å². The molecule has 0 aliphatic carbocycles. The molecule has 0 aromatic heterocycles. The fourth-order valence-electron chi connectivity index (χ4n) is 1.46. The van der Waals surface area contributed by atoms with Gasteiger partial charge in [-0.2, -0.15) is 0 Å². The van der Waals surface area contributed by atoms with Crippen molar-refractivity contribution in [3.05, 3.63) is 29.1 Å². The van der Waals surface area contributed by atoms with Crippen LogP contribution < -0.4 is 5.32 Å². The van der Waals surface area contributed by atoms with E-state index in [0.29, 0.717) is 17.7 Å². The summed E-state index contributed by atoms with van der Waals surface area (Å²) >= 11 is 0. The Kier molecular flexibility index (Phi) is 3.66. The second kappa shape index (κ2) is 4.77. The highest BCUT2D eigenvalue weighted by molar-refractivity contribution is 5.84. The monoisotopic (exact) mass is 211 g/mol. The quantitative estimate of drug-likeness (QED) is 0.816. The lowest BCUT2D eigenvalue weighted by Crippen LogP contribution is -2.11. The number of hydrogen-bond donors (Lipinski definition) is 1. The van der Waals surface area contributed by atoms with Crippen LogP contribution in [0.4, 0.5) is 14.9 Å². The second-order valence-electron chi connectivity index (χ2n) is 3.22. The number of carbonyl (C=O) groups is 1. The molecule has 0 aliphatic rings. The van der Waals surface area contributed by atoms with E-state index in [1.165, 1.54) is 13.2 Å². The van der Waals surface area contributed by atoms with E-state index in [-0.39, 0.29) is 5.82 Å². The Morgan fingerprint density at radius 3 is 2.67 bits per heavy atom. The molecular weight excluding hydrogens is 197 g/mol. The van der Waals surface area contributed by atoms with Crippen molar-refractivity contribution in [1.29, 1.82) is 0 Å².